The molecule has 1 aromatic carbocycles. The summed E-state index contributed by atoms with van der Waals surface area (Å²) in [4.78, 5) is 1.25. The molecule has 7 heteroatoms. The van der Waals surface area contributed by atoms with Crippen LogP contribution in [-0.2, 0) is 16.6 Å². The molecule has 21 heavy (non-hydrogen) atoms. The molecule has 0 aliphatic heterocycles. The van der Waals surface area contributed by atoms with Gasteiger partial charge in [-0.15, -0.1) is 11.3 Å². The maximum Gasteiger partial charge on any atom is 0.240 e. The second kappa shape index (κ2) is 7.02. The SMILES string of the molecule is CNC(C)c1cccc(S(=O)(=O)NCc2cc(Br)cs2)c1. The van der Waals surface area contributed by atoms with Gasteiger partial charge in [-0.1, -0.05) is 12.1 Å². The third-order valence-corrected chi connectivity index (χ3v) is 6.26. The van der Waals surface area contributed by atoms with Crippen LogP contribution >= 0.6 is 27.3 Å². The molecule has 1 aromatic heterocycles. The summed E-state index contributed by atoms with van der Waals surface area (Å²) < 4.78 is 28.3. The number of nitrogens with one attached hydrogen (secondary N) is 2. The van der Waals surface area contributed by atoms with Gasteiger partial charge in [-0.05, 0) is 53.7 Å². The standard InChI is InChI=1S/C14H17BrN2O2S2/c1-10(16-2)11-4-3-5-14(6-11)21(18,19)17-8-13-7-12(15)9-20-13/h3-7,9-10,16-17H,8H2,1-2H3. The lowest BCUT2D eigenvalue weighted by Crippen LogP contribution is -2.23. The van der Waals surface area contributed by atoms with Crippen molar-refractivity contribution in [1.82, 2.24) is 10.0 Å². The Morgan fingerprint density at radius 3 is 2.71 bits per heavy atom. The van der Waals surface area contributed by atoms with Crippen LogP contribution in [0.2, 0.25) is 0 Å². The molecule has 0 spiro atoms. The number of hydrogen-bond acceptors (Lipinski definition) is 4. The summed E-state index contributed by atoms with van der Waals surface area (Å²) in [6, 6.07) is 9.00. The summed E-state index contributed by atoms with van der Waals surface area (Å²) in [7, 11) is -1.65. The highest BCUT2D eigenvalue weighted by Crippen LogP contribution is 2.21. The third-order valence-electron chi connectivity index (χ3n) is 3.16. The predicted octanol–water partition coefficient (Wildman–Crippen LogP) is 3.27. The van der Waals surface area contributed by atoms with E-state index in [2.05, 4.69) is 26.0 Å². The molecule has 4 nitrogen and oxygen atoms in total. The van der Waals surface area contributed by atoms with Gasteiger partial charge in [-0.2, -0.15) is 0 Å². The van der Waals surface area contributed by atoms with Crippen LogP contribution in [0.1, 0.15) is 23.4 Å². The van der Waals surface area contributed by atoms with E-state index in [9.17, 15) is 8.42 Å². The molecule has 1 unspecified atom stereocenters. The average molecular weight is 389 g/mol. The highest BCUT2D eigenvalue weighted by atomic mass is 79.9. The zero-order chi connectivity index (χ0) is 15.5. The van der Waals surface area contributed by atoms with Crippen molar-refractivity contribution < 1.29 is 8.42 Å². The number of rotatable bonds is 6. The quantitative estimate of drug-likeness (QED) is 0.797. The number of halogens is 1. The van der Waals surface area contributed by atoms with Crippen LogP contribution in [0.3, 0.4) is 0 Å². The monoisotopic (exact) mass is 388 g/mol. The summed E-state index contributed by atoms with van der Waals surface area (Å²) in [6.07, 6.45) is 0. The predicted molar refractivity (Wildman–Crippen MR) is 90.0 cm³/mol. The van der Waals surface area contributed by atoms with Gasteiger partial charge in [0.05, 0.1) is 4.90 Å². The molecule has 0 aliphatic rings. The Morgan fingerprint density at radius 2 is 2.10 bits per heavy atom. The molecule has 0 bridgehead atoms. The minimum atomic E-state index is -3.50. The van der Waals surface area contributed by atoms with Gasteiger partial charge < -0.3 is 5.32 Å². The fourth-order valence-corrected chi connectivity index (χ4v) is 4.36. The first-order chi connectivity index (χ1) is 9.92. The van der Waals surface area contributed by atoms with Crippen LogP contribution in [0, 0.1) is 0 Å². The molecule has 2 N–H and O–H groups in total. The number of sulfonamides is 1. The minimum Gasteiger partial charge on any atom is -0.313 e. The highest BCUT2D eigenvalue weighted by molar-refractivity contribution is 9.10. The van der Waals surface area contributed by atoms with E-state index < -0.39 is 10.0 Å². The zero-order valence-corrected chi connectivity index (χ0v) is 15.0. The van der Waals surface area contributed by atoms with Crippen molar-refractivity contribution in [3.8, 4) is 0 Å². The van der Waals surface area contributed by atoms with Gasteiger partial charge in [0.15, 0.2) is 0 Å². The summed E-state index contributed by atoms with van der Waals surface area (Å²) in [6.45, 7) is 2.28. The second-order valence-electron chi connectivity index (χ2n) is 4.64. The maximum atomic E-state index is 12.3. The Morgan fingerprint density at radius 1 is 1.33 bits per heavy atom. The second-order valence-corrected chi connectivity index (χ2v) is 8.32. The van der Waals surface area contributed by atoms with Gasteiger partial charge in [0.25, 0.3) is 0 Å². The molecule has 2 rings (SSSR count). The van der Waals surface area contributed by atoms with Gasteiger partial charge in [-0.3, -0.25) is 0 Å². The van der Waals surface area contributed by atoms with E-state index in [-0.39, 0.29) is 10.9 Å². The maximum absolute atomic E-state index is 12.3. The lowest BCUT2D eigenvalue weighted by atomic mass is 10.1. The highest BCUT2D eigenvalue weighted by Gasteiger charge is 2.15. The van der Waals surface area contributed by atoms with Crippen molar-refractivity contribution in [1.29, 1.82) is 0 Å². The molecular weight excluding hydrogens is 372 g/mol. The normalized spacial score (nSPS) is 13.3. The minimum absolute atomic E-state index is 0.105. The van der Waals surface area contributed by atoms with Gasteiger partial charge in [-0.25, -0.2) is 13.1 Å². The van der Waals surface area contributed by atoms with Crippen molar-refractivity contribution in [3.05, 3.63) is 50.6 Å². The number of thiophene rings is 1. The number of benzene rings is 1. The van der Waals surface area contributed by atoms with E-state index in [1.807, 2.05) is 31.5 Å². The number of hydrogen-bond donors (Lipinski definition) is 2. The third kappa shape index (κ3) is 4.37. The molecule has 0 radical (unpaired) electrons. The summed E-state index contributed by atoms with van der Waals surface area (Å²) in [5.74, 6) is 0. The van der Waals surface area contributed by atoms with Gasteiger partial charge in [0, 0.05) is 27.3 Å². The van der Waals surface area contributed by atoms with Crippen molar-refractivity contribution in [3.63, 3.8) is 0 Å². The van der Waals surface area contributed by atoms with Crippen LogP contribution < -0.4 is 10.0 Å². The fraction of sp³-hybridized carbons (Fsp3) is 0.286. The Balaban J connectivity index is 2.15. The Labute approximate surface area is 137 Å². The smallest absolute Gasteiger partial charge is 0.240 e. The first-order valence-electron chi connectivity index (χ1n) is 6.42. The lowest BCUT2D eigenvalue weighted by molar-refractivity contribution is 0.581. The molecule has 114 valence electrons. The molecule has 0 saturated carbocycles. The van der Waals surface area contributed by atoms with Crippen LogP contribution in [0.25, 0.3) is 0 Å². The first kappa shape index (κ1) is 16.6. The van der Waals surface area contributed by atoms with Crippen molar-refractivity contribution in [2.24, 2.45) is 0 Å². The van der Waals surface area contributed by atoms with E-state index in [1.54, 1.807) is 18.2 Å². The molecular formula is C14H17BrN2O2S2. The van der Waals surface area contributed by atoms with Crippen LogP contribution in [0.5, 0.6) is 0 Å². The molecule has 0 amide bonds. The van der Waals surface area contributed by atoms with E-state index in [0.29, 0.717) is 6.54 Å². The summed E-state index contributed by atoms with van der Waals surface area (Å²) >= 11 is 4.87. The van der Waals surface area contributed by atoms with E-state index in [0.717, 1.165) is 14.9 Å². The molecule has 0 saturated heterocycles. The van der Waals surface area contributed by atoms with Gasteiger partial charge in [0.2, 0.25) is 10.0 Å². The Bertz CT molecular complexity index is 713. The van der Waals surface area contributed by atoms with Crippen molar-refractivity contribution in [2.75, 3.05) is 7.05 Å². The van der Waals surface area contributed by atoms with Crippen LogP contribution in [-0.4, -0.2) is 15.5 Å². The fourth-order valence-electron chi connectivity index (χ4n) is 1.81. The first-order valence-corrected chi connectivity index (χ1v) is 9.58. The average Bonchev–Trinajstić information content (AvgIpc) is 2.90. The van der Waals surface area contributed by atoms with E-state index in [1.165, 1.54) is 11.3 Å². The molecule has 0 fully saturated rings. The molecule has 1 heterocycles. The Hall–Kier alpha value is -0.730. The van der Waals surface area contributed by atoms with Gasteiger partial charge >= 0.3 is 0 Å². The van der Waals surface area contributed by atoms with Gasteiger partial charge in [0.1, 0.15) is 0 Å². The molecule has 2 aromatic rings. The van der Waals surface area contributed by atoms with E-state index >= 15 is 0 Å². The van der Waals surface area contributed by atoms with E-state index in [4.69, 9.17) is 0 Å². The lowest BCUT2D eigenvalue weighted by Gasteiger charge is -2.12. The van der Waals surface area contributed by atoms with Crippen LogP contribution in [0.15, 0.2) is 45.1 Å². The van der Waals surface area contributed by atoms with Crippen LogP contribution in [0.4, 0.5) is 0 Å². The Kier molecular flexibility index (Phi) is 5.56. The van der Waals surface area contributed by atoms with Crippen molar-refractivity contribution in [2.45, 2.75) is 24.4 Å². The largest absolute Gasteiger partial charge is 0.313 e. The summed E-state index contributed by atoms with van der Waals surface area (Å²) in [5, 5.41) is 5.03. The summed E-state index contributed by atoms with van der Waals surface area (Å²) in [5.41, 5.74) is 0.944. The molecule has 0 aliphatic carbocycles. The zero-order valence-electron chi connectivity index (χ0n) is 11.8. The van der Waals surface area contributed by atoms with Crippen molar-refractivity contribution >= 4 is 37.3 Å². The molecule has 1 atom stereocenters. The topological polar surface area (TPSA) is 58.2 Å².